The molecule has 6 nitrogen and oxygen atoms in total. The van der Waals surface area contributed by atoms with E-state index in [9.17, 15) is 0 Å². The van der Waals surface area contributed by atoms with Crippen molar-refractivity contribution in [2.75, 3.05) is 31.2 Å². The fourth-order valence-electron chi connectivity index (χ4n) is 3.62. The average Bonchev–Trinajstić information content (AvgIpc) is 3.20. The van der Waals surface area contributed by atoms with Gasteiger partial charge in [0.15, 0.2) is 5.65 Å². The summed E-state index contributed by atoms with van der Waals surface area (Å²) in [5.74, 6) is 0.740. The zero-order chi connectivity index (χ0) is 19.8. The van der Waals surface area contributed by atoms with E-state index >= 15 is 0 Å². The third-order valence-corrected chi connectivity index (χ3v) is 5.49. The summed E-state index contributed by atoms with van der Waals surface area (Å²) in [4.78, 5) is 15.5. The van der Waals surface area contributed by atoms with Gasteiger partial charge < -0.3 is 9.64 Å². The Morgan fingerprint density at radius 2 is 1.62 bits per heavy atom. The van der Waals surface area contributed by atoms with Crippen LogP contribution in [-0.2, 0) is 4.74 Å². The number of benzene rings is 1. The number of aromatic nitrogens is 4. The first-order chi connectivity index (χ1) is 14.2. The molecule has 146 valence electrons. The topological polar surface area (TPSA) is 55.5 Å². The van der Waals surface area contributed by atoms with Gasteiger partial charge >= 0.3 is 0 Å². The van der Waals surface area contributed by atoms with Gasteiger partial charge in [-0.2, -0.15) is 0 Å². The molecule has 0 atom stereocenters. The molecule has 7 heteroatoms. The number of halogens is 1. The molecule has 0 spiro atoms. The highest BCUT2D eigenvalue weighted by Gasteiger charge is 2.14. The van der Waals surface area contributed by atoms with Crippen molar-refractivity contribution in [1.82, 2.24) is 19.4 Å². The lowest BCUT2D eigenvalue weighted by Gasteiger charge is -2.28. The van der Waals surface area contributed by atoms with Crippen LogP contribution in [0.25, 0.3) is 28.0 Å². The zero-order valence-corrected chi connectivity index (χ0v) is 16.8. The Bertz CT molecular complexity index is 1150. The van der Waals surface area contributed by atoms with Crippen molar-refractivity contribution in [2.24, 2.45) is 0 Å². The van der Waals surface area contributed by atoms with Crippen LogP contribution in [0.3, 0.4) is 0 Å². The molecule has 3 aromatic heterocycles. The minimum atomic E-state index is 0.597. The van der Waals surface area contributed by atoms with Crippen LogP contribution in [0.5, 0.6) is 0 Å². The van der Waals surface area contributed by atoms with Crippen molar-refractivity contribution in [3.05, 3.63) is 66.0 Å². The van der Waals surface area contributed by atoms with Gasteiger partial charge in [0.2, 0.25) is 0 Å². The molecule has 1 aliphatic rings. The van der Waals surface area contributed by atoms with Crippen molar-refractivity contribution >= 4 is 22.9 Å². The molecule has 4 heterocycles. The van der Waals surface area contributed by atoms with Crippen LogP contribution in [0, 0.1) is 6.92 Å². The standard InChI is InChI=1S/C22H20ClN5O/c1-15-24-11-18(12-25-15)17-10-20(23)22-26-13-21(28(22)14-17)16-2-4-19(5-3-16)27-6-8-29-9-7-27/h2-5,10-14H,6-9H2,1H3. The smallest absolute Gasteiger partial charge is 0.156 e. The van der Waals surface area contributed by atoms with Gasteiger partial charge in [0, 0.05) is 54.1 Å². The van der Waals surface area contributed by atoms with E-state index in [0.29, 0.717) is 5.02 Å². The van der Waals surface area contributed by atoms with Crippen LogP contribution in [0.15, 0.2) is 55.1 Å². The second-order valence-corrected chi connectivity index (χ2v) is 7.49. The Morgan fingerprint density at radius 3 is 2.34 bits per heavy atom. The van der Waals surface area contributed by atoms with E-state index in [2.05, 4.69) is 44.1 Å². The summed E-state index contributed by atoms with van der Waals surface area (Å²) >= 11 is 6.53. The number of aryl methyl sites for hydroxylation is 1. The lowest BCUT2D eigenvalue weighted by molar-refractivity contribution is 0.122. The fourth-order valence-corrected chi connectivity index (χ4v) is 3.88. The number of morpholine rings is 1. The van der Waals surface area contributed by atoms with Crippen LogP contribution < -0.4 is 4.90 Å². The third kappa shape index (κ3) is 3.45. The van der Waals surface area contributed by atoms with Gasteiger partial charge in [-0.15, -0.1) is 0 Å². The largest absolute Gasteiger partial charge is 0.378 e. The molecule has 0 unspecified atom stereocenters. The summed E-state index contributed by atoms with van der Waals surface area (Å²) < 4.78 is 7.47. The number of anilines is 1. The van der Waals surface area contributed by atoms with Crippen molar-refractivity contribution in [3.63, 3.8) is 0 Å². The average molecular weight is 406 g/mol. The Morgan fingerprint density at radius 1 is 0.897 bits per heavy atom. The number of imidazole rings is 1. The number of rotatable bonds is 3. The highest BCUT2D eigenvalue weighted by Crippen LogP contribution is 2.30. The number of ether oxygens (including phenoxy) is 1. The molecule has 0 aliphatic carbocycles. The van der Waals surface area contributed by atoms with Gasteiger partial charge in [-0.05, 0) is 25.1 Å². The molecule has 1 aliphatic heterocycles. The molecule has 1 saturated heterocycles. The van der Waals surface area contributed by atoms with Gasteiger partial charge in [-0.3, -0.25) is 4.40 Å². The summed E-state index contributed by atoms with van der Waals surface area (Å²) in [7, 11) is 0. The Hall–Kier alpha value is -2.96. The van der Waals surface area contributed by atoms with Crippen LogP contribution in [0.4, 0.5) is 5.69 Å². The molecule has 0 amide bonds. The molecule has 1 aromatic carbocycles. The first kappa shape index (κ1) is 18.1. The van der Waals surface area contributed by atoms with Crippen LogP contribution >= 0.6 is 11.6 Å². The third-order valence-electron chi connectivity index (χ3n) is 5.21. The predicted octanol–water partition coefficient (Wildman–Crippen LogP) is 4.26. The Balaban J connectivity index is 1.54. The van der Waals surface area contributed by atoms with E-state index in [1.807, 2.05) is 42.2 Å². The second-order valence-electron chi connectivity index (χ2n) is 7.08. The maximum Gasteiger partial charge on any atom is 0.156 e. The Labute approximate surface area is 173 Å². The molecule has 1 fully saturated rings. The molecule has 29 heavy (non-hydrogen) atoms. The molecular formula is C22H20ClN5O. The van der Waals surface area contributed by atoms with Gasteiger partial charge in [-0.25, -0.2) is 15.0 Å². The van der Waals surface area contributed by atoms with Crippen LogP contribution in [-0.4, -0.2) is 45.7 Å². The number of hydrogen-bond acceptors (Lipinski definition) is 5. The number of nitrogens with zero attached hydrogens (tertiary/aromatic N) is 5. The summed E-state index contributed by atoms with van der Waals surface area (Å²) in [6.45, 7) is 5.27. The summed E-state index contributed by atoms with van der Waals surface area (Å²) in [6, 6.07) is 10.5. The Kier molecular flexibility index (Phi) is 4.66. The molecule has 0 radical (unpaired) electrons. The first-order valence-corrected chi connectivity index (χ1v) is 9.95. The number of fused-ring (bicyclic) bond motifs is 1. The highest BCUT2D eigenvalue weighted by atomic mass is 35.5. The van der Waals surface area contributed by atoms with Crippen molar-refractivity contribution in [3.8, 4) is 22.4 Å². The van der Waals surface area contributed by atoms with Gasteiger partial charge in [0.05, 0.1) is 30.1 Å². The summed E-state index contributed by atoms with van der Waals surface area (Å²) in [6.07, 6.45) is 7.52. The molecule has 0 N–H and O–H groups in total. The minimum absolute atomic E-state index is 0.597. The lowest BCUT2D eigenvalue weighted by atomic mass is 10.1. The summed E-state index contributed by atoms with van der Waals surface area (Å²) in [5.41, 5.74) is 5.89. The monoisotopic (exact) mass is 405 g/mol. The lowest BCUT2D eigenvalue weighted by Crippen LogP contribution is -2.36. The van der Waals surface area contributed by atoms with Crippen molar-refractivity contribution < 1.29 is 4.74 Å². The molecule has 4 aromatic rings. The quantitative estimate of drug-likeness (QED) is 0.509. The van der Waals surface area contributed by atoms with E-state index in [1.54, 1.807) is 0 Å². The van der Waals surface area contributed by atoms with E-state index in [1.165, 1.54) is 5.69 Å². The molecule has 0 bridgehead atoms. The van der Waals surface area contributed by atoms with Crippen molar-refractivity contribution in [2.45, 2.75) is 6.92 Å². The highest BCUT2D eigenvalue weighted by molar-refractivity contribution is 6.33. The normalized spacial score (nSPS) is 14.5. The van der Waals surface area contributed by atoms with Gasteiger partial charge in [-0.1, -0.05) is 23.7 Å². The maximum absolute atomic E-state index is 6.53. The van der Waals surface area contributed by atoms with Crippen LogP contribution in [0.2, 0.25) is 5.02 Å². The van der Waals surface area contributed by atoms with E-state index in [-0.39, 0.29) is 0 Å². The zero-order valence-electron chi connectivity index (χ0n) is 16.0. The number of hydrogen-bond donors (Lipinski definition) is 0. The first-order valence-electron chi connectivity index (χ1n) is 9.58. The SMILES string of the molecule is Cc1ncc(-c2cc(Cl)c3ncc(-c4ccc(N5CCOCC5)cc4)n3c2)cn1. The molecule has 0 saturated carbocycles. The van der Waals surface area contributed by atoms with Crippen LogP contribution in [0.1, 0.15) is 5.82 Å². The van der Waals surface area contributed by atoms with E-state index < -0.39 is 0 Å². The maximum atomic E-state index is 6.53. The fraction of sp³-hybridized carbons (Fsp3) is 0.227. The van der Waals surface area contributed by atoms with Crippen molar-refractivity contribution in [1.29, 1.82) is 0 Å². The van der Waals surface area contributed by atoms with E-state index in [0.717, 1.165) is 60.2 Å². The summed E-state index contributed by atoms with van der Waals surface area (Å²) in [5, 5.41) is 0.597. The minimum Gasteiger partial charge on any atom is -0.378 e. The van der Waals surface area contributed by atoms with Gasteiger partial charge in [0.25, 0.3) is 0 Å². The predicted molar refractivity (Wildman–Crippen MR) is 114 cm³/mol. The van der Waals surface area contributed by atoms with Gasteiger partial charge in [0.1, 0.15) is 5.82 Å². The molecular weight excluding hydrogens is 386 g/mol. The second kappa shape index (κ2) is 7.46. The van der Waals surface area contributed by atoms with E-state index in [4.69, 9.17) is 16.3 Å². The number of pyridine rings is 1. The molecule has 5 rings (SSSR count).